The second kappa shape index (κ2) is 7.25. The van der Waals surface area contributed by atoms with Crippen LogP contribution in [0.5, 0.6) is 0 Å². The van der Waals surface area contributed by atoms with Crippen LogP contribution < -0.4 is 0 Å². The molecule has 4 nitrogen and oxygen atoms in total. The minimum absolute atomic E-state index is 0.00357. The molecule has 1 aliphatic rings. The van der Waals surface area contributed by atoms with Crippen molar-refractivity contribution in [2.45, 2.75) is 57.6 Å². The quantitative estimate of drug-likeness (QED) is 0.878. The molecule has 1 atom stereocenters. The van der Waals surface area contributed by atoms with E-state index in [-0.39, 0.29) is 18.6 Å². The molecule has 0 aromatic heterocycles. The van der Waals surface area contributed by atoms with Crippen molar-refractivity contribution >= 4 is 5.91 Å². The number of rotatable bonds is 5. The van der Waals surface area contributed by atoms with Crippen LogP contribution in [-0.4, -0.2) is 45.8 Å². The van der Waals surface area contributed by atoms with Crippen molar-refractivity contribution in [2.24, 2.45) is 0 Å². The molecule has 0 spiro atoms. The van der Waals surface area contributed by atoms with Gasteiger partial charge in [0.05, 0.1) is 18.2 Å². The summed E-state index contributed by atoms with van der Waals surface area (Å²) in [4.78, 5) is 14.5. The molecule has 2 rings (SSSR count). The van der Waals surface area contributed by atoms with Gasteiger partial charge in [0.25, 0.3) is 5.91 Å². The zero-order valence-electron chi connectivity index (χ0n) is 13.6. The Morgan fingerprint density at radius 3 is 2.82 bits per heavy atom. The van der Waals surface area contributed by atoms with Gasteiger partial charge in [0.15, 0.2) is 0 Å². The Labute approximate surface area is 132 Å². The van der Waals surface area contributed by atoms with E-state index in [1.807, 2.05) is 24.3 Å². The SMILES string of the molecule is CC(C)(O)CCc1cccc(C(=O)N2CCCCC2CO)c1. The first kappa shape index (κ1) is 17.0. The Balaban J connectivity index is 2.09. The summed E-state index contributed by atoms with van der Waals surface area (Å²) in [5, 5.41) is 19.3. The van der Waals surface area contributed by atoms with Crippen molar-refractivity contribution in [3.05, 3.63) is 35.4 Å². The largest absolute Gasteiger partial charge is 0.394 e. The number of benzene rings is 1. The van der Waals surface area contributed by atoms with E-state index in [1.165, 1.54) is 0 Å². The molecular formula is C18H27NO3. The van der Waals surface area contributed by atoms with E-state index in [0.717, 1.165) is 37.8 Å². The highest BCUT2D eigenvalue weighted by atomic mass is 16.3. The summed E-state index contributed by atoms with van der Waals surface area (Å²) < 4.78 is 0. The maximum absolute atomic E-state index is 12.7. The van der Waals surface area contributed by atoms with E-state index in [4.69, 9.17) is 0 Å². The first-order valence-electron chi connectivity index (χ1n) is 8.14. The number of nitrogens with zero attached hydrogens (tertiary/aromatic N) is 1. The Bertz CT molecular complexity index is 507. The molecule has 1 heterocycles. The maximum Gasteiger partial charge on any atom is 0.254 e. The Morgan fingerprint density at radius 1 is 1.36 bits per heavy atom. The van der Waals surface area contributed by atoms with E-state index in [1.54, 1.807) is 18.7 Å². The van der Waals surface area contributed by atoms with E-state index >= 15 is 0 Å². The lowest BCUT2D eigenvalue weighted by Gasteiger charge is -2.34. The molecule has 0 bridgehead atoms. The molecule has 0 radical (unpaired) electrons. The maximum atomic E-state index is 12.7. The van der Waals surface area contributed by atoms with Crippen molar-refractivity contribution in [3.8, 4) is 0 Å². The van der Waals surface area contributed by atoms with Gasteiger partial charge in [0, 0.05) is 12.1 Å². The molecule has 1 saturated heterocycles. The highest BCUT2D eigenvalue weighted by Gasteiger charge is 2.26. The number of hydrogen-bond donors (Lipinski definition) is 2. The second-order valence-electron chi connectivity index (χ2n) is 6.84. The van der Waals surface area contributed by atoms with Gasteiger partial charge in [0.1, 0.15) is 0 Å². The van der Waals surface area contributed by atoms with E-state index < -0.39 is 5.60 Å². The van der Waals surface area contributed by atoms with Gasteiger partial charge in [-0.25, -0.2) is 0 Å². The molecule has 1 aliphatic heterocycles. The van der Waals surface area contributed by atoms with Crippen molar-refractivity contribution in [3.63, 3.8) is 0 Å². The van der Waals surface area contributed by atoms with Gasteiger partial charge in [-0.05, 0) is 63.6 Å². The molecule has 1 aromatic rings. The fourth-order valence-corrected chi connectivity index (χ4v) is 2.93. The molecule has 1 aromatic carbocycles. The normalized spacial score (nSPS) is 19.3. The molecule has 1 unspecified atom stereocenters. The van der Waals surface area contributed by atoms with Gasteiger partial charge >= 0.3 is 0 Å². The number of aliphatic hydroxyl groups is 2. The molecular weight excluding hydrogens is 278 g/mol. The summed E-state index contributed by atoms with van der Waals surface area (Å²) in [6.45, 7) is 4.34. The Hall–Kier alpha value is -1.39. The number of aryl methyl sites for hydroxylation is 1. The topological polar surface area (TPSA) is 60.8 Å². The standard InChI is InChI=1S/C18H27NO3/c1-18(2,22)10-9-14-6-5-7-15(12-14)17(21)19-11-4-3-8-16(19)13-20/h5-7,12,16,20,22H,3-4,8-11,13H2,1-2H3. The number of piperidine rings is 1. The lowest BCUT2D eigenvalue weighted by molar-refractivity contribution is 0.0503. The van der Waals surface area contributed by atoms with Gasteiger partial charge in [-0.15, -0.1) is 0 Å². The van der Waals surface area contributed by atoms with Crippen LogP contribution >= 0.6 is 0 Å². The predicted octanol–water partition coefficient (Wildman–Crippen LogP) is 2.38. The number of hydrogen-bond acceptors (Lipinski definition) is 3. The fraction of sp³-hybridized carbons (Fsp3) is 0.611. The number of amides is 1. The summed E-state index contributed by atoms with van der Waals surface area (Å²) in [7, 11) is 0. The van der Waals surface area contributed by atoms with E-state index in [0.29, 0.717) is 12.0 Å². The molecule has 22 heavy (non-hydrogen) atoms. The summed E-state index contributed by atoms with van der Waals surface area (Å²) in [6, 6.07) is 7.57. The first-order chi connectivity index (χ1) is 10.4. The van der Waals surface area contributed by atoms with Crippen LogP contribution in [0.15, 0.2) is 24.3 Å². The van der Waals surface area contributed by atoms with Crippen LogP contribution in [0.4, 0.5) is 0 Å². The van der Waals surface area contributed by atoms with Crippen molar-refractivity contribution in [1.29, 1.82) is 0 Å². The van der Waals surface area contributed by atoms with Crippen LogP contribution in [-0.2, 0) is 6.42 Å². The van der Waals surface area contributed by atoms with Gasteiger partial charge in [0.2, 0.25) is 0 Å². The third-order valence-electron chi connectivity index (χ3n) is 4.30. The number of aliphatic hydroxyl groups excluding tert-OH is 1. The van der Waals surface area contributed by atoms with Gasteiger partial charge in [-0.2, -0.15) is 0 Å². The number of likely N-dealkylation sites (tertiary alicyclic amines) is 1. The Morgan fingerprint density at radius 2 is 2.14 bits per heavy atom. The van der Waals surface area contributed by atoms with Crippen LogP contribution in [0.25, 0.3) is 0 Å². The van der Waals surface area contributed by atoms with Crippen molar-refractivity contribution in [2.75, 3.05) is 13.2 Å². The summed E-state index contributed by atoms with van der Waals surface area (Å²) in [5.41, 5.74) is 1.04. The first-order valence-corrected chi connectivity index (χ1v) is 8.14. The summed E-state index contributed by atoms with van der Waals surface area (Å²) >= 11 is 0. The third-order valence-corrected chi connectivity index (χ3v) is 4.30. The summed E-state index contributed by atoms with van der Waals surface area (Å²) in [6.07, 6.45) is 4.35. The fourth-order valence-electron chi connectivity index (χ4n) is 2.93. The van der Waals surface area contributed by atoms with Crippen LogP contribution in [0.1, 0.15) is 55.5 Å². The lowest BCUT2D eigenvalue weighted by atomic mass is 9.97. The lowest BCUT2D eigenvalue weighted by Crippen LogP contribution is -2.45. The highest BCUT2D eigenvalue weighted by molar-refractivity contribution is 5.94. The van der Waals surface area contributed by atoms with Crippen LogP contribution in [0.3, 0.4) is 0 Å². The van der Waals surface area contributed by atoms with E-state index in [9.17, 15) is 15.0 Å². The zero-order chi connectivity index (χ0) is 16.2. The van der Waals surface area contributed by atoms with Gasteiger partial charge < -0.3 is 15.1 Å². The van der Waals surface area contributed by atoms with Crippen molar-refractivity contribution < 1.29 is 15.0 Å². The van der Waals surface area contributed by atoms with Crippen molar-refractivity contribution in [1.82, 2.24) is 4.90 Å². The van der Waals surface area contributed by atoms with Gasteiger partial charge in [-0.1, -0.05) is 12.1 Å². The highest BCUT2D eigenvalue weighted by Crippen LogP contribution is 2.21. The van der Waals surface area contributed by atoms with Crippen LogP contribution in [0.2, 0.25) is 0 Å². The molecule has 4 heteroatoms. The number of carbonyl (C=O) groups is 1. The molecule has 1 fully saturated rings. The molecule has 122 valence electrons. The third kappa shape index (κ3) is 4.55. The molecule has 0 saturated carbocycles. The minimum Gasteiger partial charge on any atom is -0.394 e. The second-order valence-corrected chi connectivity index (χ2v) is 6.84. The molecule has 1 amide bonds. The summed E-state index contributed by atoms with van der Waals surface area (Å²) in [5.74, 6) is 0.00357. The smallest absolute Gasteiger partial charge is 0.254 e. The zero-order valence-corrected chi connectivity index (χ0v) is 13.6. The minimum atomic E-state index is -0.700. The average molecular weight is 305 g/mol. The number of carbonyl (C=O) groups excluding carboxylic acids is 1. The molecule has 0 aliphatic carbocycles. The van der Waals surface area contributed by atoms with Gasteiger partial charge in [-0.3, -0.25) is 4.79 Å². The average Bonchev–Trinajstić information content (AvgIpc) is 2.52. The van der Waals surface area contributed by atoms with E-state index in [2.05, 4.69) is 0 Å². The molecule has 2 N–H and O–H groups in total. The monoisotopic (exact) mass is 305 g/mol. The van der Waals surface area contributed by atoms with Crippen LogP contribution in [0, 0.1) is 0 Å². The predicted molar refractivity (Wildman–Crippen MR) is 86.8 cm³/mol. The Kier molecular flexibility index (Phi) is 5.59.